The molecule has 3 nitrogen and oxygen atoms in total. The molecule has 14 heavy (non-hydrogen) atoms. The SMILES string of the molecule is Cc1cnn(CC(C)(C)O)c1C(F)F. The van der Waals surface area contributed by atoms with Crippen LogP contribution in [0.4, 0.5) is 8.78 Å². The van der Waals surface area contributed by atoms with Crippen LogP contribution in [-0.2, 0) is 6.54 Å². The second-order valence-corrected chi connectivity index (χ2v) is 3.98. The highest BCUT2D eigenvalue weighted by Crippen LogP contribution is 2.23. The molecule has 0 radical (unpaired) electrons. The number of alkyl halides is 2. The van der Waals surface area contributed by atoms with E-state index in [1.54, 1.807) is 20.8 Å². The molecule has 0 aliphatic carbocycles. The van der Waals surface area contributed by atoms with Gasteiger partial charge in [-0.25, -0.2) is 8.78 Å². The minimum Gasteiger partial charge on any atom is -0.389 e. The van der Waals surface area contributed by atoms with E-state index < -0.39 is 12.0 Å². The van der Waals surface area contributed by atoms with E-state index in [0.29, 0.717) is 5.56 Å². The molecule has 0 saturated carbocycles. The molecule has 5 heteroatoms. The molecular weight excluding hydrogens is 190 g/mol. The van der Waals surface area contributed by atoms with E-state index in [1.165, 1.54) is 6.20 Å². The second kappa shape index (κ2) is 3.65. The molecule has 0 aromatic carbocycles. The third kappa shape index (κ3) is 2.51. The highest BCUT2D eigenvalue weighted by atomic mass is 19.3. The highest BCUT2D eigenvalue weighted by molar-refractivity contribution is 5.16. The van der Waals surface area contributed by atoms with Gasteiger partial charge in [-0.3, -0.25) is 4.68 Å². The van der Waals surface area contributed by atoms with Crippen LogP contribution in [0.15, 0.2) is 6.20 Å². The first kappa shape index (κ1) is 11.1. The van der Waals surface area contributed by atoms with Crippen molar-refractivity contribution in [2.45, 2.75) is 39.3 Å². The number of rotatable bonds is 3. The molecule has 0 unspecified atom stereocenters. The summed E-state index contributed by atoms with van der Waals surface area (Å²) in [5.74, 6) is 0. The maximum Gasteiger partial charge on any atom is 0.280 e. The molecule has 1 aromatic rings. The summed E-state index contributed by atoms with van der Waals surface area (Å²) in [7, 11) is 0. The van der Waals surface area contributed by atoms with Crippen molar-refractivity contribution in [3.05, 3.63) is 17.5 Å². The molecule has 0 aliphatic rings. The number of aryl methyl sites for hydroxylation is 1. The molecule has 0 atom stereocenters. The number of hydrogen-bond donors (Lipinski definition) is 1. The highest BCUT2D eigenvalue weighted by Gasteiger charge is 2.22. The predicted octanol–water partition coefficient (Wildman–Crippen LogP) is 1.90. The van der Waals surface area contributed by atoms with Crippen molar-refractivity contribution in [3.8, 4) is 0 Å². The van der Waals surface area contributed by atoms with Gasteiger partial charge in [0.2, 0.25) is 0 Å². The smallest absolute Gasteiger partial charge is 0.280 e. The van der Waals surface area contributed by atoms with Crippen molar-refractivity contribution < 1.29 is 13.9 Å². The second-order valence-electron chi connectivity index (χ2n) is 3.98. The molecule has 1 N–H and O–H groups in total. The number of hydrogen-bond acceptors (Lipinski definition) is 2. The summed E-state index contributed by atoms with van der Waals surface area (Å²) in [4.78, 5) is 0. The van der Waals surface area contributed by atoms with Crippen LogP contribution in [0.25, 0.3) is 0 Å². The standard InChI is InChI=1S/C9H14F2N2O/c1-6-4-12-13(5-9(2,3)14)7(6)8(10)11/h4,8,14H,5H2,1-3H3. The Morgan fingerprint density at radius 2 is 2.14 bits per heavy atom. The summed E-state index contributed by atoms with van der Waals surface area (Å²) in [5.41, 5.74) is -0.710. The van der Waals surface area contributed by atoms with Gasteiger partial charge in [0.1, 0.15) is 5.69 Å². The van der Waals surface area contributed by atoms with E-state index in [1.807, 2.05) is 0 Å². The molecule has 1 rings (SSSR count). The van der Waals surface area contributed by atoms with E-state index in [2.05, 4.69) is 5.10 Å². The first-order chi connectivity index (χ1) is 6.31. The molecular formula is C9H14F2N2O. The molecule has 80 valence electrons. The number of aliphatic hydroxyl groups is 1. The number of halogens is 2. The zero-order valence-electron chi connectivity index (χ0n) is 8.46. The van der Waals surface area contributed by atoms with Crippen LogP contribution >= 0.6 is 0 Å². The zero-order chi connectivity index (χ0) is 10.9. The fraction of sp³-hybridized carbons (Fsp3) is 0.667. The quantitative estimate of drug-likeness (QED) is 0.816. The third-order valence-electron chi connectivity index (χ3n) is 1.82. The normalized spacial score (nSPS) is 12.5. The monoisotopic (exact) mass is 204 g/mol. The Labute approximate surface area is 81.4 Å². The Bertz CT molecular complexity index is 315. The van der Waals surface area contributed by atoms with Crippen LogP contribution in [0.1, 0.15) is 31.5 Å². The van der Waals surface area contributed by atoms with Crippen molar-refractivity contribution in [1.82, 2.24) is 9.78 Å². The summed E-state index contributed by atoms with van der Waals surface area (Å²) in [6, 6.07) is 0. The Hall–Kier alpha value is -0.970. The summed E-state index contributed by atoms with van der Waals surface area (Å²) >= 11 is 0. The van der Waals surface area contributed by atoms with Crippen LogP contribution in [0.5, 0.6) is 0 Å². The van der Waals surface area contributed by atoms with Gasteiger partial charge >= 0.3 is 0 Å². The van der Waals surface area contributed by atoms with Gasteiger partial charge in [0.15, 0.2) is 0 Å². The van der Waals surface area contributed by atoms with Gasteiger partial charge in [-0.15, -0.1) is 0 Å². The van der Waals surface area contributed by atoms with Gasteiger partial charge in [-0.1, -0.05) is 0 Å². The summed E-state index contributed by atoms with van der Waals surface area (Å²) in [6.07, 6.45) is -1.17. The maximum atomic E-state index is 12.6. The van der Waals surface area contributed by atoms with Crippen molar-refractivity contribution in [2.24, 2.45) is 0 Å². The summed E-state index contributed by atoms with van der Waals surface area (Å²) in [5, 5.41) is 13.3. The molecule has 0 spiro atoms. The van der Waals surface area contributed by atoms with Crippen LogP contribution in [-0.4, -0.2) is 20.5 Å². The Morgan fingerprint density at radius 1 is 1.57 bits per heavy atom. The van der Waals surface area contributed by atoms with Gasteiger partial charge < -0.3 is 5.11 Å². The van der Waals surface area contributed by atoms with Crippen molar-refractivity contribution >= 4 is 0 Å². The minimum atomic E-state index is -2.56. The lowest BCUT2D eigenvalue weighted by Gasteiger charge is -2.18. The molecule has 0 fully saturated rings. The van der Waals surface area contributed by atoms with Crippen molar-refractivity contribution in [1.29, 1.82) is 0 Å². The van der Waals surface area contributed by atoms with E-state index in [-0.39, 0.29) is 12.2 Å². The predicted molar refractivity (Wildman–Crippen MR) is 48.2 cm³/mol. The van der Waals surface area contributed by atoms with Crippen LogP contribution in [0.2, 0.25) is 0 Å². The van der Waals surface area contributed by atoms with Crippen LogP contribution < -0.4 is 0 Å². The average Bonchev–Trinajstić information content (AvgIpc) is 2.27. The van der Waals surface area contributed by atoms with Gasteiger partial charge in [-0.05, 0) is 26.3 Å². The van der Waals surface area contributed by atoms with Crippen molar-refractivity contribution in [3.63, 3.8) is 0 Å². The van der Waals surface area contributed by atoms with E-state index >= 15 is 0 Å². The first-order valence-electron chi connectivity index (χ1n) is 4.34. The largest absolute Gasteiger partial charge is 0.389 e. The lowest BCUT2D eigenvalue weighted by Crippen LogP contribution is -2.27. The molecule has 1 heterocycles. The van der Waals surface area contributed by atoms with Gasteiger partial charge in [0.25, 0.3) is 6.43 Å². The molecule has 0 bridgehead atoms. The maximum absolute atomic E-state index is 12.6. The summed E-state index contributed by atoms with van der Waals surface area (Å²) in [6.45, 7) is 4.76. The third-order valence-corrected chi connectivity index (χ3v) is 1.82. The lowest BCUT2D eigenvalue weighted by atomic mass is 10.1. The molecule has 1 aromatic heterocycles. The minimum absolute atomic E-state index is 0.0700. The molecule has 0 aliphatic heterocycles. The number of nitrogens with zero attached hydrogens (tertiary/aromatic N) is 2. The summed E-state index contributed by atoms with van der Waals surface area (Å²) < 4.78 is 26.3. The van der Waals surface area contributed by atoms with Gasteiger partial charge in [-0.2, -0.15) is 5.10 Å². The van der Waals surface area contributed by atoms with E-state index in [9.17, 15) is 13.9 Å². The van der Waals surface area contributed by atoms with Gasteiger partial charge in [0, 0.05) is 0 Å². The average molecular weight is 204 g/mol. The Balaban J connectivity index is 2.98. The number of aromatic nitrogens is 2. The zero-order valence-corrected chi connectivity index (χ0v) is 8.46. The Morgan fingerprint density at radius 3 is 2.57 bits per heavy atom. The van der Waals surface area contributed by atoms with E-state index in [0.717, 1.165) is 4.68 Å². The first-order valence-corrected chi connectivity index (χ1v) is 4.34. The Kier molecular flexibility index (Phi) is 2.89. The fourth-order valence-electron chi connectivity index (χ4n) is 1.27. The lowest BCUT2D eigenvalue weighted by molar-refractivity contribution is 0.0512. The molecule has 0 saturated heterocycles. The fourth-order valence-corrected chi connectivity index (χ4v) is 1.27. The van der Waals surface area contributed by atoms with Crippen LogP contribution in [0, 0.1) is 6.92 Å². The van der Waals surface area contributed by atoms with Crippen LogP contribution in [0.3, 0.4) is 0 Å². The van der Waals surface area contributed by atoms with E-state index in [4.69, 9.17) is 0 Å². The molecule has 0 amide bonds. The van der Waals surface area contributed by atoms with Gasteiger partial charge in [0.05, 0.1) is 18.3 Å². The van der Waals surface area contributed by atoms with Crippen molar-refractivity contribution in [2.75, 3.05) is 0 Å². The topological polar surface area (TPSA) is 38.0 Å².